The molecular formula is C17H18FN3O2S. The van der Waals surface area contributed by atoms with Gasteiger partial charge in [-0.3, -0.25) is 9.59 Å². The van der Waals surface area contributed by atoms with Crippen molar-refractivity contribution in [2.75, 3.05) is 18.4 Å². The van der Waals surface area contributed by atoms with Crippen LogP contribution in [0, 0.1) is 5.82 Å². The van der Waals surface area contributed by atoms with Crippen LogP contribution in [-0.2, 0) is 16.0 Å². The van der Waals surface area contributed by atoms with Gasteiger partial charge in [0.05, 0.1) is 6.54 Å². The lowest BCUT2D eigenvalue weighted by atomic mass is 10.1. The fraction of sp³-hybridized carbons (Fsp3) is 0.353. The number of piperidine rings is 1. The molecule has 126 valence electrons. The van der Waals surface area contributed by atoms with Gasteiger partial charge in [0.1, 0.15) is 5.82 Å². The van der Waals surface area contributed by atoms with Crippen molar-refractivity contribution in [3.63, 3.8) is 0 Å². The van der Waals surface area contributed by atoms with Crippen molar-refractivity contribution in [2.45, 2.75) is 25.7 Å². The molecule has 1 fully saturated rings. The zero-order valence-corrected chi connectivity index (χ0v) is 13.9. The lowest BCUT2D eigenvalue weighted by molar-refractivity contribution is -0.136. The highest BCUT2D eigenvalue weighted by atomic mass is 32.1. The number of amides is 2. The molecule has 1 N–H and O–H groups in total. The zero-order chi connectivity index (χ0) is 16.9. The van der Waals surface area contributed by atoms with E-state index in [9.17, 15) is 14.0 Å². The number of thiazole rings is 1. The number of rotatable bonds is 5. The molecule has 0 unspecified atom stereocenters. The molecule has 2 amide bonds. The number of halogens is 1. The first kappa shape index (κ1) is 16.6. The molecule has 2 aromatic rings. The SMILES string of the molecule is O=C(CN1CCCCC1=O)Nc1ncc(Cc2ccc(F)cc2)s1. The van der Waals surface area contributed by atoms with Gasteiger partial charge >= 0.3 is 0 Å². The molecule has 0 bridgehead atoms. The Kier molecular flexibility index (Phi) is 5.20. The van der Waals surface area contributed by atoms with Crippen LogP contribution in [0.15, 0.2) is 30.5 Å². The largest absolute Gasteiger partial charge is 0.333 e. The summed E-state index contributed by atoms with van der Waals surface area (Å²) >= 11 is 1.38. The summed E-state index contributed by atoms with van der Waals surface area (Å²) in [6.07, 6.45) is 4.70. The molecule has 1 aromatic heterocycles. The Morgan fingerprint density at radius 1 is 1.29 bits per heavy atom. The van der Waals surface area contributed by atoms with Gasteiger partial charge in [-0.1, -0.05) is 12.1 Å². The Labute approximate surface area is 143 Å². The van der Waals surface area contributed by atoms with E-state index in [0.717, 1.165) is 23.3 Å². The van der Waals surface area contributed by atoms with Crippen molar-refractivity contribution in [3.05, 3.63) is 46.7 Å². The average molecular weight is 347 g/mol. The predicted molar refractivity (Wildman–Crippen MR) is 90.4 cm³/mol. The Morgan fingerprint density at radius 2 is 2.08 bits per heavy atom. The Morgan fingerprint density at radius 3 is 2.83 bits per heavy atom. The molecule has 0 spiro atoms. The van der Waals surface area contributed by atoms with Crippen molar-refractivity contribution < 1.29 is 14.0 Å². The van der Waals surface area contributed by atoms with Gasteiger partial charge in [0.25, 0.3) is 0 Å². The maximum Gasteiger partial charge on any atom is 0.245 e. The van der Waals surface area contributed by atoms with Crippen molar-refractivity contribution >= 4 is 28.3 Å². The van der Waals surface area contributed by atoms with Gasteiger partial charge in [-0.15, -0.1) is 11.3 Å². The van der Waals surface area contributed by atoms with E-state index in [-0.39, 0.29) is 24.2 Å². The van der Waals surface area contributed by atoms with Crippen LogP contribution < -0.4 is 5.32 Å². The second kappa shape index (κ2) is 7.53. The highest BCUT2D eigenvalue weighted by Crippen LogP contribution is 2.21. The zero-order valence-electron chi connectivity index (χ0n) is 13.1. The van der Waals surface area contributed by atoms with E-state index >= 15 is 0 Å². The summed E-state index contributed by atoms with van der Waals surface area (Å²) in [5.74, 6) is -0.455. The molecule has 1 aliphatic heterocycles. The molecule has 1 aromatic carbocycles. The van der Waals surface area contributed by atoms with Crippen molar-refractivity contribution in [2.24, 2.45) is 0 Å². The second-order valence-corrected chi connectivity index (χ2v) is 6.87. The number of carbonyl (C=O) groups is 2. The Hall–Kier alpha value is -2.28. The smallest absolute Gasteiger partial charge is 0.245 e. The summed E-state index contributed by atoms with van der Waals surface area (Å²) < 4.78 is 12.9. The molecule has 24 heavy (non-hydrogen) atoms. The number of aromatic nitrogens is 1. The summed E-state index contributed by atoms with van der Waals surface area (Å²) in [6, 6.07) is 6.31. The number of likely N-dealkylation sites (tertiary alicyclic amines) is 1. The fourth-order valence-electron chi connectivity index (χ4n) is 2.61. The van der Waals surface area contributed by atoms with E-state index < -0.39 is 0 Å². The number of nitrogens with zero attached hydrogens (tertiary/aromatic N) is 2. The minimum absolute atomic E-state index is 0.0348. The van der Waals surface area contributed by atoms with Crippen molar-refractivity contribution in [1.82, 2.24) is 9.88 Å². The first-order valence-corrected chi connectivity index (χ1v) is 8.68. The maximum atomic E-state index is 12.9. The monoisotopic (exact) mass is 347 g/mol. The minimum Gasteiger partial charge on any atom is -0.333 e. The number of nitrogens with one attached hydrogen (secondary N) is 1. The van der Waals surface area contributed by atoms with Gasteiger partial charge in [-0.05, 0) is 30.5 Å². The topological polar surface area (TPSA) is 62.3 Å². The molecule has 2 heterocycles. The Bertz CT molecular complexity index is 730. The third-order valence-corrected chi connectivity index (χ3v) is 4.76. The fourth-order valence-corrected chi connectivity index (χ4v) is 3.47. The van der Waals surface area contributed by atoms with Crippen LogP contribution in [0.3, 0.4) is 0 Å². The first-order chi connectivity index (χ1) is 11.6. The first-order valence-electron chi connectivity index (χ1n) is 7.87. The summed E-state index contributed by atoms with van der Waals surface area (Å²) in [7, 11) is 0. The van der Waals surface area contributed by atoms with Gasteiger partial charge in [0.15, 0.2) is 5.13 Å². The maximum absolute atomic E-state index is 12.9. The third-order valence-electron chi connectivity index (χ3n) is 3.85. The Balaban J connectivity index is 1.54. The average Bonchev–Trinajstić information content (AvgIpc) is 2.99. The number of benzene rings is 1. The molecule has 1 aliphatic rings. The van der Waals surface area contributed by atoms with Crippen LogP contribution >= 0.6 is 11.3 Å². The molecular weight excluding hydrogens is 329 g/mol. The second-order valence-electron chi connectivity index (χ2n) is 5.76. The minimum atomic E-state index is -0.261. The van der Waals surface area contributed by atoms with Crippen molar-refractivity contribution in [1.29, 1.82) is 0 Å². The van der Waals surface area contributed by atoms with E-state index in [1.165, 1.54) is 23.5 Å². The van der Waals surface area contributed by atoms with E-state index in [2.05, 4.69) is 10.3 Å². The molecule has 3 rings (SSSR count). The van der Waals surface area contributed by atoms with Gasteiger partial charge in [0, 0.05) is 30.5 Å². The number of carbonyl (C=O) groups excluding carboxylic acids is 2. The van der Waals surface area contributed by atoms with Crippen LogP contribution in [-0.4, -0.2) is 34.8 Å². The van der Waals surface area contributed by atoms with Gasteiger partial charge < -0.3 is 10.2 Å². The number of hydrogen-bond donors (Lipinski definition) is 1. The van der Waals surface area contributed by atoms with Crippen LogP contribution in [0.2, 0.25) is 0 Å². The highest BCUT2D eigenvalue weighted by molar-refractivity contribution is 7.15. The van der Waals surface area contributed by atoms with E-state index in [1.807, 2.05) is 0 Å². The quantitative estimate of drug-likeness (QED) is 0.905. The van der Waals surface area contributed by atoms with Gasteiger partial charge in [-0.2, -0.15) is 0 Å². The highest BCUT2D eigenvalue weighted by Gasteiger charge is 2.20. The number of hydrogen-bond acceptors (Lipinski definition) is 4. The van der Waals surface area contributed by atoms with E-state index in [0.29, 0.717) is 24.5 Å². The molecule has 0 atom stereocenters. The molecule has 5 nitrogen and oxygen atoms in total. The van der Waals surface area contributed by atoms with Crippen LogP contribution in [0.25, 0.3) is 0 Å². The van der Waals surface area contributed by atoms with Crippen LogP contribution in [0.1, 0.15) is 29.7 Å². The van der Waals surface area contributed by atoms with Crippen LogP contribution in [0.4, 0.5) is 9.52 Å². The lowest BCUT2D eigenvalue weighted by Crippen LogP contribution is -2.40. The van der Waals surface area contributed by atoms with Gasteiger partial charge in [-0.25, -0.2) is 9.37 Å². The third kappa shape index (κ3) is 4.38. The van der Waals surface area contributed by atoms with E-state index in [4.69, 9.17) is 0 Å². The van der Waals surface area contributed by atoms with Gasteiger partial charge in [0.2, 0.25) is 11.8 Å². The molecule has 1 saturated heterocycles. The van der Waals surface area contributed by atoms with E-state index in [1.54, 1.807) is 23.2 Å². The normalized spacial score (nSPS) is 14.7. The molecule has 7 heteroatoms. The predicted octanol–water partition coefficient (Wildman–Crippen LogP) is 2.82. The standard InChI is InChI=1S/C17H18FN3O2S/c18-13-6-4-12(5-7-13)9-14-10-19-17(24-14)20-15(22)11-21-8-2-1-3-16(21)23/h4-7,10H,1-3,8-9,11H2,(H,19,20,22). The molecule has 0 saturated carbocycles. The lowest BCUT2D eigenvalue weighted by Gasteiger charge is -2.25. The number of anilines is 1. The molecule has 0 aliphatic carbocycles. The summed E-state index contributed by atoms with van der Waals surface area (Å²) in [4.78, 5) is 30.5. The summed E-state index contributed by atoms with van der Waals surface area (Å²) in [6.45, 7) is 0.714. The van der Waals surface area contributed by atoms with Crippen molar-refractivity contribution in [3.8, 4) is 0 Å². The van der Waals surface area contributed by atoms with Crippen LogP contribution in [0.5, 0.6) is 0 Å². The molecule has 0 radical (unpaired) electrons. The summed E-state index contributed by atoms with van der Waals surface area (Å²) in [5, 5.41) is 3.25. The summed E-state index contributed by atoms with van der Waals surface area (Å²) in [5.41, 5.74) is 0.983.